The highest BCUT2D eigenvalue weighted by molar-refractivity contribution is 5.91. The van der Waals surface area contributed by atoms with Crippen LogP contribution in [-0.2, 0) is 5.60 Å². The summed E-state index contributed by atoms with van der Waals surface area (Å²) < 4.78 is 10.8. The molecule has 0 aliphatic carbocycles. The maximum Gasteiger partial charge on any atom is 0.259 e. The van der Waals surface area contributed by atoms with Gasteiger partial charge >= 0.3 is 0 Å². The molecular weight excluding hydrogens is 270 g/mol. The van der Waals surface area contributed by atoms with Crippen molar-refractivity contribution in [2.24, 2.45) is 0 Å². The zero-order chi connectivity index (χ0) is 14.3. The Hall–Kier alpha value is -2.18. The maximum absolute atomic E-state index is 10.6. The van der Waals surface area contributed by atoms with Crippen LogP contribution < -0.4 is 5.32 Å². The highest BCUT2D eigenvalue weighted by atomic mass is 16.5. The zero-order valence-corrected chi connectivity index (χ0v) is 11.4. The van der Waals surface area contributed by atoms with Gasteiger partial charge in [-0.1, -0.05) is 23.4 Å². The van der Waals surface area contributed by atoms with Gasteiger partial charge in [0, 0.05) is 5.39 Å². The summed E-state index contributed by atoms with van der Waals surface area (Å²) >= 11 is 0. The topological polar surface area (TPSA) is 84.3 Å². The normalized spacial score (nSPS) is 18.1. The van der Waals surface area contributed by atoms with Gasteiger partial charge in [-0.2, -0.15) is 4.98 Å². The number of fused-ring (bicyclic) bond motifs is 1. The number of benzene rings is 1. The SMILES string of the molecule is OC1(c2nc(-c3coc4ccccc34)no2)CCNCC1. The van der Waals surface area contributed by atoms with Gasteiger partial charge in [-0.15, -0.1) is 0 Å². The van der Waals surface area contributed by atoms with Gasteiger partial charge in [-0.25, -0.2) is 0 Å². The van der Waals surface area contributed by atoms with E-state index < -0.39 is 5.60 Å². The van der Waals surface area contributed by atoms with Crippen LogP contribution in [0.2, 0.25) is 0 Å². The molecule has 6 nitrogen and oxygen atoms in total. The molecule has 1 saturated heterocycles. The second kappa shape index (κ2) is 4.68. The van der Waals surface area contributed by atoms with Crippen LogP contribution in [0.15, 0.2) is 39.5 Å². The Morgan fingerprint density at radius 1 is 1.19 bits per heavy atom. The van der Waals surface area contributed by atoms with Gasteiger partial charge in [0.05, 0.1) is 5.56 Å². The lowest BCUT2D eigenvalue weighted by Crippen LogP contribution is -2.39. The average Bonchev–Trinajstić information content (AvgIpc) is 3.15. The standard InChI is InChI=1S/C15H15N3O3/c19-15(5-7-16-8-6-15)14-17-13(18-21-14)11-9-20-12-4-2-1-3-10(11)12/h1-4,9,16,19H,5-8H2. The van der Waals surface area contributed by atoms with Crippen molar-refractivity contribution in [3.63, 3.8) is 0 Å². The summed E-state index contributed by atoms with van der Waals surface area (Å²) in [6.45, 7) is 1.48. The van der Waals surface area contributed by atoms with E-state index >= 15 is 0 Å². The lowest BCUT2D eigenvalue weighted by Gasteiger charge is -2.28. The Bertz CT molecular complexity index is 771. The van der Waals surface area contributed by atoms with Crippen molar-refractivity contribution in [2.75, 3.05) is 13.1 Å². The van der Waals surface area contributed by atoms with Crippen molar-refractivity contribution in [3.05, 3.63) is 36.4 Å². The summed E-state index contributed by atoms with van der Waals surface area (Å²) in [5.74, 6) is 0.728. The summed E-state index contributed by atoms with van der Waals surface area (Å²) in [4.78, 5) is 4.38. The molecular formula is C15H15N3O3. The molecule has 2 aromatic heterocycles. The number of nitrogens with one attached hydrogen (secondary N) is 1. The average molecular weight is 285 g/mol. The molecule has 0 amide bonds. The molecule has 108 valence electrons. The van der Waals surface area contributed by atoms with Crippen molar-refractivity contribution in [3.8, 4) is 11.4 Å². The fourth-order valence-corrected chi connectivity index (χ4v) is 2.73. The number of piperidine rings is 1. The largest absolute Gasteiger partial charge is 0.464 e. The minimum atomic E-state index is -1.03. The minimum Gasteiger partial charge on any atom is -0.464 e. The molecule has 0 bridgehead atoms. The highest BCUT2D eigenvalue weighted by Crippen LogP contribution is 2.33. The molecule has 0 atom stereocenters. The number of hydrogen-bond donors (Lipinski definition) is 2. The van der Waals surface area contributed by atoms with E-state index in [-0.39, 0.29) is 5.89 Å². The molecule has 3 aromatic rings. The molecule has 1 aromatic carbocycles. The van der Waals surface area contributed by atoms with Crippen LogP contribution in [-0.4, -0.2) is 28.3 Å². The Morgan fingerprint density at radius 2 is 2.00 bits per heavy atom. The van der Waals surface area contributed by atoms with Crippen LogP contribution >= 0.6 is 0 Å². The Balaban J connectivity index is 1.74. The predicted octanol–water partition coefficient (Wildman–Crippen LogP) is 2.05. The second-order valence-electron chi connectivity index (χ2n) is 5.35. The molecule has 1 aliphatic heterocycles. The van der Waals surface area contributed by atoms with Gasteiger partial charge in [0.2, 0.25) is 5.82 Å². The number of para-hydroxylation sites is 1. The van der Waals surface area contributed by atoms with Crippen molar-refractivity contribution in [2.45, 2.75) is 18.4 Å². The van der Waals surface area contributed by atoms with E-state index in [0.29, 0.717) is 18.7 Å². The van der Waals surface area contributed by atoms with Crippen molar-refractivity contribution in [1.29, 1.82) is 0 Å². The number of nitrogens with zero attached hydrogens (tertiary/aromatic N) is 2. The molecule has 0 spiro atoms. The third-order valence-electron chi connectivity index (χ3n) is 3.98. The van der Waals surface area contributed by atoms with E-state index in [4.69, 9.17) is 8.94 Å². The van der Waals surface area contributed by atoms with E-state index in [1.807, 2.05) is 24.3 Å². The van der Waals surface area contributed by atoms with E-state index in [1.54, 1.807) is 6.26 Å². The van der Waals surface area contributed by atoms with Gasteiger partial charge in [0.1, 0.15) is 17.4 Å². The van der Waals surface area contributed by atoms with Crippen molar-refractivity contribution in [1.82, 2.24) is 15.5 Å². The number of aromatic nitrogens is 2. The first-order valence-electron chi connectivity index (χ1n) is 7.00. The van der Waals surface area contributed by atoms with E-state index in [9.17, 15) is 5.11 Å². The lowest BCUT2D eigenvalue weighted by molar-refractivity contribution is -0.0228. The molecule has 21 heavy (non-hydrogen) atoms. The number of aliphatic hydroxyl groups is 1. The van der Waals surface area contributed by atoms with Crippen LogP contribution in [0.25, 0.3) is 22.4 Å². The molecule has 2 N–H and O–H groups in total. The molecule has 3 heterocycles. The van der Waals surface area contributed by atoms with E-state index in [0.717, 1.165) is 29.6 Å². The fourth-order valence-electron chi connectivity index (χ4n) is 2.73. The second-order valence-corrected chi connectivity index (χ2v) is 5.35. The van der Waals surface area contributed by atoms with E-state index in [1.165, 1.54) is 0 Å². The smallest absolute Gasteiger partial charge is 0.259 e. The fraction of sp³-hybridized carbons (Fsp3) is 0.333. The summed E-state index contributed by atoms with van der Waals surface area (Å²) in [7, 11) is 0. The third-order valence-corrected chi connectivity index (χ3v) is 3.98. The first-order valence-corrected chi connectivity index (χ1v) is 7.00. The Labute approximate surface area is 120 Å². The Morgan fingerprint density at radius 3 is 2.86 bits per heavy atom. The first-order chi connectivity index (χ1) is 10.3. The number of hydrogen-bond acceptors (Lipinski definition) is 6. The summed E-state index contributed by atoms with van der Waals surface area (Å²) in [6, 6.07) is 7.68. The van der Waals surface area contributed by atoms with Gasteiger partial charge in [0.15, 0.2) is 0 Å². The molecule has 1 fully saturated rings. The lowest BCUT2D eigenvalue weighted by atomic mass is 9.92. The van der Waals surface area contributed by atoms with Crippen LogP contribution in [0.3, 0.4) is 0 Å². The van der Waals surface area contributed by atoms with Gasteiger partial charge in [0.25, 0.3) is 5.89 Å². The van der Waals surface area contributed by atoms with Gasteiger partial charge < -0.3 is 19.4 Å². The van der Waals surface area contributed by atoms with Gasteiger partial charge in [-0.05, 0) is 32.0 Å². The van der Waals surface area contributed by atoms with Crippen LogP contribution in [0, 0.1) is 0 Å². The molecule has 6 heteroatoms. The first kappa shape index (κ1) is 12.6. The third kappa shape index (κ3) is 2.03. The number of rotatable bonds is 2. The maximum atomic E-state index is 10.6. The monoisotopic (exact) mass is 285 g/mol. The summed E-state index contributed by atoms with van der Waals surface area (Å²) in [5, 5.41) is 18.7. The predicted molar refractivity (Wildman–Crippen MR) is 75.5 cm³/mol. The minimum absolute atomic E-state index is 0.282. The summed E-state index contributed by atoms with van der Waals surface area (Å²) in [6.07, 6.45) is 2.76. The number of furan rings is 1. The van der Waals surface area contributed by atoms with Crippen LogP contribution in [0.5, 0.6) is 0 Å². The molecule has 0 saturated carbocycles. The highest BCUT2D eigenvalue weighted by Gasteiger charge is 2.37. The molecule has 4 rings (SSSR count). The quantitative estimate of drug-likeness (QED) is 0.749. The van der Waals surface area contributed by atoms with Crippen molar-refractivity contribution >= 4 is 11.0 Å². The molecule has 0 unspecified atom stereocenters. The van der Waals surface area contributed by atoms with E-state index in [2.05, 4.69) is 15.5 Å². The van der Waals surface area contributed by atoms with Crippen LogP contribution in [0.4, 0.5) is 0 Å². The Kier molecular flexibility index (Phi) is 2.80. The van der Waals surface area contributed by atoms with Gasteiger partial charge in [-0.3, -0.25) is 0 Å². The van der Waals surface area contributed by atoms with Crippen LogP contribution in [0.1, 0.15) is 18.7 Å². The summed E-state index contributed by atoms with van der Waals surface area (Å²) in [5.41, 5.74) is 0.522. The molecule has 0 radical (unpaired) electrons. The molecule has 1 aliphatic rings. The van der Waals surface area contributed by atoms with Crippen molar-refractivity contribution < 1.29 is 14.0 Å². The zero-order valence-electron chi connectivity index (χ0n) is 11.4.